The molecule has 2 fully saturated rings. The number of alkyl carbamates (subject to hydrolysis) is 1. The van der Waals surface area contributed by atoms with Gasteiger partial charge in [-0.2, -0.15) is 0 Å². The van der Waals surface area contributed by atoms with Gasteiger partial charge in [0, 0.05) is 6.54 Å². The van der Waals surface area contributed by atoms with Crippen LogP contribution in [-0.4, -0.2) is 84.4 Å². The Morgan fingerprint density at radius 1 is 1.05 bits per heavy atom. The zero-order valence-corrected chi connectivity index (χ0v) is 25.7. The van der Waals surface area contributed by atoms with Crippen LogP contribution in [0.1, 0.15) is 68.2 Å². The van der Waals surface area contributed by atoms with Crippen LogP contribution < -0.4 is 16.0 Å². The fourth-order valence-corrected chi connectivity index (χ4v) is 5.33. The molecule has 1 aliphatic carbocycles. The lowest BCUT2D eigenvalue weighted by Gasteiger charge is -2.38. The van der Waals surface area contributed by atoms with Crippen molar-refractivity contribution in [1.29, 1.82) is 0 Å². The fraction of sp³-hybridized carbons (Fsp3) is 0.724. The molecule has 1 saturated carbocycles. The van der Waals surface area contributed by atoms with Crippen molar-refractivity contribution in [3.05, 3.63) is 12.7 Å². The summed E-state index contributed by atoms with van der Waals surface area (Å²) in [4.78, 5) is 78.6. The van der Waals surface area contributed by atoms with Crippen molar-refractivity contribution >= 4 is 35.6 Å². The van der Waals surface area contributed by atoms with E-state index in [2.05, 4.69) is 27.3 Å². The summed E-state index contributed by atoms with van der Waals surface area (Å²) >= 11 is 0. The molecule has 0 aromatic rings. The van der Waals surface area contributed by atoms with Crippen molar-refractivity contribution in [1.82, 2.24) is 20.9 Å². The number of esters is 1. The van der Waals surface area contributed by atoms with E-state index in [4.69, 9.17) is 4.74 Å². The van der Waals surface area contributed by atoms with Crippen LogP contribution in [0, 0.1) is 22.7 Å². The molecular formula is C29H46N4O8. The first-order valence-corrected chi connectivity index (χ1v) is 13.9. The number of nitrogens with one attached hydrogen (secondary N) is 3. The van der Waals surface area contributed by atoms with Gasteiger partial charge in [-0.05, 0) is 56.3 Å². The molecule has 2 rings (SSSR count). The van der Waals surface area contributed by atoms with Gasteiger partial charge in [0.2, 0.25) is 17.6 Å². The number of fused-ring (bicyclic) bond motifs is 1. The Morgan fingerprint density at radius 2 is 1.66 bits per heavy atom. The lowest BCUT2D eigenvalue weighted by molar-refractivity contribution is -0.146. The fourth-order valence-electron chi connectivity index (χ4n) is 5.33. The molecule has 4 amide bonds. The zero-order chi connectivity index (χ0) is 31.5. The first kappa shape index (κ1) is 33.8. The van der Waals surface area contributed by atoms with Crippen LogP contribution in [0.15, 0.2) is 12.7 Å². The van der Waals surface area contributed by atoms with E-state index >= 15 is 0 Å². The van der Waals surface area contributed by atoms with Crippen LogP contribution in [0.4, 0.5) is 4.79 Å². The summed E-state index contributed by atoms with van der Waals surface area (Å²) in [5.41, 5.74) is -1.70. The highest BCUT2D eigenvalue weighted by atomic mass is 16.6. The highest BCUT2D eigenvalue weighted by Crippen LogP contribution is 2.65. The molecule has 41 heavy (non-hydrogen) atoms. The molecule has 230 valence electrons. The molecule has 2 aliphatic rings. The third-order valence-corrected chi connectivity index (χ3v) is 7.67. The zero-order valence-electron chi connectivity index (χ0n) is 25.7. The minimum atomic E-state index is -1.20. The standard InChI is InChI=1S/C29H46N4O8/c1-11-12-13-17(21(35)24(37)30-14-18(34)40-10)31-23(36)20-19-16(29(19,8)9)15-33(20)25(38)22(27(2,3)4)32-26(39)41-28(5,6)7/h11,16-17,19-20,22H,1,12-15H2,2-10H3,(H,30,37)(H,31,36)(H,32,39). The van der Waals surface area contributed by atoms with Crippen molar-refractivity contribution in [2.45, 2.75) is 92.0 Å². The van der Waals surface area contributed by atoms with Crippen molar-refractivity contribution in [3.63, 3.8) is 0 Å². The molecule has 1 heterocycles. The largest absolute Gasteiger partial charge is 0.468 e. The summed E-state index contributed by atoms with van der Waals surface area (Å²) in [7, 11) is 1.15. The second-order valence-corrected chi connectivity index (χ2v) is 13.4. The molecule has 0 radical (unpaired) electrons. The Kier molecular flexibility index (Phi) is 10.4. The lowest BCUT2D eigenvalue weighted by Crippen LogP contribution is -2.60. The van der Waals surface area contributed by atoms with Crippen LogP contribution in [0.25, 0.3) is 0 Å². The summed E-state index contributed by atoms with van der Waals surface area (Å²) < 4.78 is 9.86. The van der Waals surface area contributed by atoms with Gasteiger partial charge in [0.25, 0.3) is 5.91 Å². The van der Waals surface area contributed by atoms with Crippen molar-refractivity contribution in [2.75, 3.05) is 20.2 Å². The van der Waals surface area contributed by atoms with Crippen LogP contribution in [0.2, 0.25) is 0 Å². The van der Waals surface area contributed by atoms with Gasteiger partial charge in [-0.3, -0.25) is 24.0 Å². The van der Waals surface area contributed by atoms with Crippen LogP contribution in [0.3, 0.4) is 0 Å². The number of hydrogen-bond donors (Lipinski definition) is 3. The molecule has 5 atom stereocenters. The number of amides is 4. The Morgan fingerprint density at radius 3 is 2.17 bits per heavy atom. The maximum Gasteiger partial charge on any atom is 0.408 e. The number of ether oxygens (including phenoxy) is 2. The van der Waals surface area contributed by atoms with E-state index in [0.29, 0.717) is 13.0 Å². The van der Waals surface area contributed by atoms with Crippen LogP contribution >= 0.6 is 0 Å². The summed E-state index contributed by atoms with van der Waals surface area (Å²) in [5.74, 6) is -3.81. The second-order valence-electron chi connectivity index (χ2n) is 13.4. The molecule has 0 aromatic carbocycles. The highest BCUT2D eigenvalue weighted by molar-refractivity contribution is 6.38. The smallest absolute Gasteiger partial charge is 0.408 e. The van der Waals surface area contributed by atoms with Crippen LogP contribution in [-0.2, 0) is 33.4 Å². The maximum atomic E-state index is 14.0. The van der Waals surface area contributed by atoms with Gasteiger partial charge in [0.1, 0.15) is 24.2 Å². The molecule has 3 N–H and O–H groups in total. The van der Waals surface area contributed by atoms with Crippen molar-refractivity contribution < 1.29 is 38.2 Å². The number of piperidine rings is 1. The quantitative estimate of drug-likeness (QED) is 0.190. The van der Waals surface area contributed by atoms with Crippen molar-refractivity contribution in [3.8, 4) is 0 Å². The van der Waals surface area contributed by atoms with Gasteiger partial charge < -0.3 is 30.3 Å². The van der Waals surface area contributed by atoms with E-state index in [1.807, 2.05) is 13.8 Å². The van der Waals surface area contributed by atoms with E-state index in [-0.39, 0.29) is 23.7 Å². The number of nitrogens with zero attached hydrogens (tertiary/aromatic N) is 1. The van der Waals surface area contributed by atoms with Gasteiger partial charge in [-0.25, -0.2) is 4.79 Å². The molecule has 12 heteroatoms. The number of rotatable bonds is 11. The Balaban J connectivity index is 2.30. The first-order chi connectivity index (χ1) is 18.8. The normalized spacial score (nSPS) is 22.4. The summed E-state index contributed by atoms with van der Waals surface area (Å²) in [5, 5.41) is 7.57. The summed E-state index contributed by atoms with van der Waals surface area (Å²) in [6.07, 6.45) is 1.24. The molecule has 1 saturated heterocycles. The Hall–Kier alpha value is -3.44. The lowest BCUT2D eigenvalue weighted by atomic mass is 9.85. The van der Waals surface area contributed by atoms with Crippen molar-refractivity contribution in [2.24, 2.45) is 22.7 Å². The number of Topliss-reactive ketones (excluding diaryl/α,β-unsaturated/α-hetero) is 1. The topological polar surface area (TPSA) is 160 Å². The highest BCUT2D eigenvalue weighted by Gasteiger charge is 2.70. The van der Waals surface area contributed by atoms with Gasteiger partial charge in [-0.1, -0.05) is 40.7 Å². The van der Waals surface area contributed by atoms with Gasteiger partial charge >= 0.3 is 12.1 Å². The number of carbonyl (C=O) groups is 6. The average Bonchev–Trinajstić information content (AvgIpc) is 3.17. The van der Waals surface area contributed by atoms with E-state index < -0.39 is 71.3 Å². The van der Waals surface area contributed by atoms with E-state index in [0.717, 1.165) is 7.11 Å². The van der Waals surface area contributed by atoms with Gasteiger partial charge in [-0.15, -0.1) is 6.58 Å². The number of likely N-dealkylation sites (tertiary alicyclic amines) is 1. The third kappa shape index (κ3) is 8.29. The minimum Gasteiger partial charge on any atom is -0.468 e. The molecule has 0 aromatic heterocycles. The maximum absolute atomic E-state index is 14.0. The number of carbonyl (C=O) groups excluding carboxylic acids is 6. The Bertz CT molecular complexity index is 1070. The SMILES string of the molecule is C=CCCC(NC(=O)C1C2C(CN1C(=O)C(NC(=O)OC(C)(C)C)C(C)(C)C)C2(C)C)C(=O)C(=O)NCC(=O)OC. The first-order valence-electron chi connectivity index (χ1n) is 13.9. The van der Waals surface area contributed by atoms with E-state index in [9.17, 15) is 28.8 Å². The summed E-state index contributed by atoms with van der Waals surface area (Å²) in [6.45, 7) is 18.1. The molecule has 0 spiro atoms. The summed E-state index contributed by atoms with van der Waals surface area (Å²) in [6, 6.07) is -3.10. The number of hydrogen-bond acceptors (Lipinski definition) is 8. The van der Waals surface area contributed by atoms with Crippen LogP contribution in [0.5, 0.6) is 0 Å². The van der Waals surface area contributed by atoms with Gasteiger partial charge in [0.15, 0.2) is 0 Å². The predicted molar refractivity (Wildman–Crippen MR) is 150 cm³/mol. The van der Waals surface area contributed by atoms with E-state index in [1.165, 1.54) is 4.90 Å². The predicted octanol–water partition coefficient (Wildman–Crippen LogP) is 1.72. The molecule has 5 unspecified atom stereocenters. The van der Waals surface area contributed by atoms with Gasteiger partial charge in [0.05, 0.1) is 13.2 Å². The molecule has 12 nitrogen and oxygen atoms in total. The van der Waals surface area contributed by atoms with E-state index in [1.54, 1.807) is 47.6 Å². The third-order valence-electron chi connectivity index (χ3n) is 7.67. The Labute approximate surface area is 242 Å². The minimum absolute atomic E-state index is 0.0510. The number of methoxy groups -OCH3 is 1. The second kappa shape index (κ2) is 12.6. The number of ketones is 1. The molecule has 0 bridgehead atoms. The average molecular weight is 579 g/mol. The molecule has 1 aliphatic heterocycles. The monoisotopic (exact) mass is 578 g/mol. The molecular weight excluding hydrogens is 532 g/mol. The number of allylic oxidation sites excluding steroid dienone is 1.